The molecule has 0 radical (unpaired) electrons. The smallest absolute Gasteiger partial charge is 0.131 e. The van der Waals surface area contributed by atoms with E-state index in [0.29, 0.717) is 18.8 Å². The van der Waals surface area contributed by atoms with Crippen LogP contribution in [-0.2, 0) is 6.54 Å². The zero-order valence-corrected chi connectivity index (χ0v) is 13.2. The van der Waals surface area contributed by atoms with Gasteiger partial charge < -0.3 is 15.4 Å². The first-order valence-corrected chi connectivity index (χ1v) is 7.52. The van der Waals surface area contributed by atoms with E-state index < -0.39 is 0 Å². The number of unbranched alkanes of at least 4 members (excludes halogenated alkanes) is 1. The Kier molecular flexibility index (Phi) is 5.56. The van der Waals surface area contributed by atoms with Gasteiger partial charge in [-0.05, 0) is 51.7 Å². The molecule has 0 spiro atoms. The summed E-state index contributed by atoms with van der Waals surface area (Å²) in [5.74, 6) is 0.387. The third-order valence-corrected chi connectivity index (χ3v) is 4.12. The number of nitrogens with zero attached hydrogens (tertiary/aromatic N) is 2. The van der Waals surface area contributed by atoms with Crippen LogP contribution in [0.15, 0.2) is 12.1 Å². The van der Waals surface area contributed by atoms with Gasteiger partial charge in [0.2, 0.25) is 0 Å². The molecule has 1 aliphatic heterocycles. The number of halogens is 1. The number of hydrogen-bond donors (Lipinski definition) is 1. The molecular weight excluding hydrogens is 269 g/mol. The maximum absolute atomic E-state index is 14.2. The molecule has 1 heterocycles. The summed E-state index contributed by atoms with van der Waals surface area (Å²) in [7, 11) is 5.72. The Labute approximate surface area is 126 Å². The number of methoxy groups -OCH3 is 1. The Balaban J connectivity index is 2.05. The predicted octanol–water partition coefficient (Wildman–Crippen LogP) is 1.99. The molecule has 0 aromatic heterocycles. The number of hydrogen-bond acceptors (Lipinski definition) is 4. The van der Waals surface area contributed by atoms with Gasteiger partial charge >= 0.3 is 0 Å². The van der Waals surface area contributed by atoms with E-state index in [9.17, 15) is 4.39 Å². The third-order valence-electron chi connectivity index (χ3n) is 4.12. The Morgan fingerprint density at radius 2 is 2.14 bits per heavy atom. The van der Waals surface area contributed by atoms with Crippen molar-refractivity contribution in [1.82, 2.24) is 9.80 Å². The van der Waals surface area contributed by atoms with Gasteiger partial charge in [-0.2, -0.15) is 0 Å². The Morgan fingerprint density at radius 3 is 2.76 bits per heavy atom. The highest BCUT2D eigenvalue weighted by atomic mass is 19.1. The fourth-order valence-corrected chi connectivity index (χ4v) is 2.98. The summed E-state index contributed by atoms with van der Waals surface area (Å²) in [4.78, 5) is 4.46. The molecule has 1 aromatic rings. The van der Waals surface area contributed by atoms with Crippen LogP contribution in [0.4, 0.5) is 4.39 Å². The van der Waals surface area contributed by atoms with E-state index in [2.05, 4.69) is 23.9 Å². The summed E-state index contributed by atoms with van der Waals surface area (Å²) < 4.78 is 19.3. The minimum Gasteiger partial charge on any atom is -0.497 e. The van der Waals surface area contributed by atoms with Gasteiger partial charge in [-0.25, -0.2) is 4.39 Å². The molecule has 1 unspecified atom stereocenters. The average molecular weight is 295 g/mol. The fraction of sp³-hybridized carbons (Fsp3) is 0.625. The van der Waals surface area contributed by atoms with E-state index in [1.54, 1.807) is 7.11 Å². The molecular formula is C16H26FN3O. The molecule has 0 bridgehead atoms. The van der Waals surface area contributed by atoms with Crippen LogP contribution in [0, 0.1) is 5.82 Å². The van der Waals surface area contributed by atoms with E-state index in [4.69, 9.17) is 10.5 Å². The fourth-order valence-electron chi connectivity index (χ4n) is 2.98. The number of nitrogens with two attached hydrogens (primary N) is 1. The van der Waals surface area contributed by atoms with E-state index in [-0.39, 0.29) is 11.9 Å². The maximum atomic E-state index is 14.2. The summed E-state index contributed by atoms with van der Waals surface area (Å²) in [6, 6.07) is 3.49. The number of fused-ring (bicyclic) bond motifs is 1. The molecule has 0 fully saturated rings. The lowest BCUT2D eigenvalue weighted by atomic mass is 10.0. The Morgan fingerprint density at radius 1 is 1.38 bits per heavy atom. The first-order valence-electron chi connectivity index (χ1n) is 7.52. The highest BCUT2D eigenvalue weighted by Crippen LogP contribution is 2.37. The van der Waals surface area contributed by atoms with Crippen LogP contribution in [0.2, 0.25) is 0 Å². The second-order valence-corrected chi connectivity index (χ2v) is 5.91. The summed E-state index contributed by atoms with van der Waals surface area (Å²) in [5, 5.41) is 0. The molecule has 5 heteroatoms. The molecule has 0 aliphatic carbocycles. The van der Waals surface area contributed by atoms with Gasteiger partial charge in [-0.3, -0.25) is 4.90 Å². The Hall–Kier alpha value is -1.17. The van der Waals surface area contributed by atoms with Crippen molar-refractivity contribution in [2.24, 2.45) is 5.73 Å². The lowest BCUT2D eigenvalue weighted by Gasteiger charge is -2.24. The number of rotatable bonds is 7. The topological polar surface area (TPSA) is 41.7 Å². The van der Waals surface area contributed by atoms with Crippen molar-refractivity contribution >= 4 is 0 Å². The van der Waals surface area contributed by atoms with Crippen molar-refractivity contribution in [3.8, 4) is 5.75 Å². The molecule has 4 nitrogen and oxygen atoms in total. The van der Waals surface area contributed by atoms with E-state index in [1.807, 2.05) is 6.07 Å². The number of benzene rings is 1. The van der Waals surface area contributed by atoms with Gasteiger partial charge in [0.25, 0.3) is 0 Å². The van der Waals surface area contributed by atoms with E-state index in [1.165, 1.54) is 6.07 Å². The lowest BCUT2D eigenvalue weighted by Crippen LogP contribution is -2.29. The summed E-state index contributed by atoms with van der Waals surface area (Å²) in [5.41, 5.74) is 7.68. The van der Waals surface area contributed by atoms with Crippen LogP contribution >= 0.6 is 0 Å². The molecule has 21 heavy (non-hydrogen) atoms. The highest BCUT2D eigenvalue weighted by molar-refractivity contribution is 5.41. The minimum atomic E-state index is -0.182. The van der Waals surface area contributed by atoms with Crippen molar-refractivity contribution < 1.29 is 9.13 Å². The quantitative estimate of drug-likeness (QED) is 0.781. The number of ether oxygens (including phenoxy) is 1. The molecule has 0 saturated carbocycles. The molecule has 2 N–H and O–H groups in total. The van der Waals surface area contributed by atoms with Crippen LogP contribution in [-0.4, -0.2) is 50.6 Å². The predicted molar refractivity (Wildman–Crippen MR) is 82.9 cm³/mol. The molecule has 1 aromatic carbocycles. The van der Waals surface area contributed by atoms with Crippen LogP contribution in [0.3, 0.4) is 0 Å². The first kappa shape index (κ1) is 16.2. The van der Waals surface area contributed by atoms with Gasteiger partial charge in [0.1, 0.15) is 11.6 Å². The van der Waals surface area contributed by atoms with Gasteiger partial charge in [0.05, 0.1) is 7.11 Å². The van der Waals surface area contributed by atoms with E-state index >= 15 is 0 Å². The normalized spacial score (nSPS) is 18.3. The summed E-state index contributed by atoms with van der Waals surface area (Å²) in [6.45, 7) is 3.19. The molecule has 1 aliphatic rings. The first-order chi connectivity index (χ1) is 10.1. The summed E-state index contributed by atoms with van der Waals surface area (Å²) in [6.07, 6.45) is 2.24. The summed E-state index contributed by atoms with van der Waals surface area (Å²) >= 11 is 0. The largest absolute Gasteiger partial charge is 0.497 e. The molecule has 2 rings (SSSR count). The monoisotopic (exact) mass is 295 g/mol. The van der Waals surface area contributed by atoms with Crippen molar-refractivity contribution in [2.45, 2.75) is 25.4 Å². The second kappa shape index (κ2) is 7.20. The SMILES string of the molecule is COc1cc(F)c2c(c1)C(CN)N(CCCCN(C)C)C2. The molecule has 0 amide bonds. The second-order valence-electron chi connectivity index (χ2n) is 5.91. The van der Waals surface area contributed by atoms with Crippen LogP contribution in [0.5, 0.6) is 5.75 Å². The standard InChI is InChI=1S/C16H26FN3O/c1-19(2)6-4-5-7-20-11-14-13(16(20)10-18)8-12(21-3)9-15(14)17/h8-9,16H,4-7,10-11,18H2,1-3H3. The maximum Gasteiger partial charge on any atom is 0.131 e. The van der Waals surface area contributed by atoms with Crippen LogP contribution in [0.25, 0.3) is 0 Å². The van der Waals surface area contributed by atoms with Crippen molar-refractivity contribution in [2.75, 3.05) is 40.8 Å². The van der Waals surface area contributed by atoms with Crippen LogP contribution in [0.1, 0.15) is 30.0 Å². The van der Waals surface area contributed by atoms with Crippen molar-refractivity contribution in [3.63, 3.8) is 0 Å². The highest BCUT2D eigenvalue weighted by Gasteiger charge is 2.31. The average Bonchev–Trinajstić information content (AvgIpc) is 2.81. The van der Waals surface area contributed by atoms with Gasteiger partial charge in [0, 0.05) is 30.8 Å². The minimum absolute atomic E-state index is 0.101. The van der Waals surface area contributed by atoms with Crippen LogP contribution < -0.4 is 10.5 Å². The van der Waals surface area contributed by atoms with Gasteiger partial charge in [-0.1, -0.05) is 0 Å². The van der Waals surface area contributed by atoms with Gasteiger partial charge in [-0.15, -0.1) is 0 Å². The molecule has 118 valence electrons. The van der Waals surface area contributed by atoms with Crippen molar-refractivity contribution in [3.05, 3.63) is 29.1 Å². The third kappa shape index (κ3) is 3.73. The van der Waals surface area contributed by atoms with Gasteiger partial charge in [0.15, 0.2) is 0 Å². The molecule has 1 atom stereocenters. The van der Waals surface area contributed by atoms with E-state index in [0.717, 1.165) is 37.1 Å². The molecule has 0 saturated heterocycles. The Bertz CT molecular complexity index is 479. The zero-order valence-electron chi connectivity index (χ0n) is 13.2. The lowest BCUT2D eigenvalue weighted by molar-refractivity contribution is 0.211. The zero-order chi connectivity index (χ0) is 15.4. The van der Waals surface area contributed by atoms with Crippen molar-refractivity contribution in [1.29, 1.82) is 0 Å².